The number of hydrogen-bond donors (Lipinski definition) is 2. The summed E-state index contributed by atoms with van der Waals surface area (Å²) < 4.78 is 46.0. The number of halogens is 2. The maximum atomic E-state index is 13.2. The molecular weight excluding hydrogens is 307 g/mol. The summed E-state index contributed by atoms with van der Waals surface area (Å²) in [6, 6.07) is 1.91. The third-order valence-corrected chi connectivity index (χ3v) is 5.67. The van der Waals surface area contributed by atoms with Crippen LogP contribution in [0.4, 0.5) is 10.1 Å². The Kier molecular flexibility index (Phi) is 3.98. The first-order chi connectivity index (χ1) is 9.16. The smallest absolute Gasteiger partial charge is 0.242 e. The monoisotopic (exact) mass is 322 g/mol. The molecule has 0 radical (unpaired) electrons. The molecule has 0 bridgehead atoms. The highest BCUT2D eigenvalue weighted by atomic mass is 35.5. The largest absolute Gasteiger partial charge is 0.396 e. The van der Waals surface area contributed by atoms with E-state index >= 15 is 0 Å². The fourth-order valence-electron chi connectivity index (χ4n) is 2.08. The summed E-state index contributed by atoms with van der Waals surface area (Å²) in [5.41, 5.74) is 4.41. The third kappa shape index (κ3) is 2.76. The summed E-state index contributed by atoms with van der Waals surface area (Å²) in [5.74, 6) is -0.752. The van der Waals surface area contributed by atoms with Crippen molar-refractivity contribution < 1.29 is 17.5 Å². The zero-order chi connectivity index (χ0) is 15.1. The number of benzene rings is 1. The molecule has 5 nitrogen and oxygen atoms in total. The van der Waals surface area contributed by atoms with Crippen LogP contribution in [0.15, 0.2) is 17.0 Å². The van der Waals surface area contributed by atoms with Crippen molar-refractivity contribution in [1.82, 2.24) is 4.72 Å². The Labute approximate surface area is 122 Å². The molecule has 1 aromatic rings. The normalized spacial score (nSPS) is 26.9. The van der Waals surface area contributed by atoms with Gasteiger partial charge in [0.25, 0.3) is 0 Å². The second kappa shape index (κ2) is 5.14. The summed E-state index contributed by atoms with van der Waals surface area (Å²) in [5, 5.41) is -0.209. The molecule has 2 unspecified atom stereocenters. The quantitative estimate of drug-likeness (QED) is 0.833. The number of nitrogen functional groups attached to an aromatic ring is 1. The van der Waals surface area contributed by atoms with E-state index in [0.717, 1.165) is 12.1 Å². The number of nitrogens with one attached hydrogen (secondary N) is 1. The molecule has 1 aliphatic rings. The van der Waals surface area contributed by atoms with Crippen molar-refractivity contribution in [1.29, 1.82) is 0 Å². The van der Waals surface area contributed by atoms with Crippen molar-refractivity contribution in [2.45, 2.75) is 36.8 Å². The molecule has 3 N–H and O–H groups in total. The van der Waals surface area contributed by atoms with Gasteiger partial charge in [-0.25, -0.2) is 17.5 Å². The second-order valence-corrected chi connectivity index (χ2v) is 7.15. The molecule has 0 amide bonds. The maximum Gasteiger partial charge on any atom is 0.242 e. The van der Waals surface area contributed by atoms with Crippen LogP contribution in [-0.2, 0) is 14.8 Å². The average molecular weight is 323 g/mol. The highest BCUT2D eigenvalue weighted by molar-refractivity contribution is 7.89. The molecule has 2 atom stereocenters. The van der Waals surface area contributed by atoms with E-state index in [-0.39, 0.29) is 21.7 Å². The number of sulfonamides is 1. The number of ether oxygens (including phenoxy) is 1. The van der Waals surface area contributed by atoms with Crippen LogP contribution in [0.25, 0.3) is 0 Å². The highest BCUT2D eigenvalue weighted by Gasteiger charge is 2.41. The van der Waals surface area contributed by atoms with E-state index in [2.05, 4.69) is 4.72 Å². The summed E-state index contributed by atoms with van der Waals surface area (Å²) in [6.07, 6.45) is 0.274. The van der Waals surface area contributed by atoms with Crippen LogP contribution in [0.1, 0.15) is 20.3 Å². The molecule has 1 saturated heterocycles. The van der Waals surface area contributed by atoms with Gasteiger partial charge in [0.05, 0.1) is 22.4 Å². The van der Waals surface area contributed by atoms with Gasteiger partial charge in [0.15, 0.2) is 0 Å². The maximum absolute atomic E-state index is 13.2. The van der Waals surface area contributed by atoms with Gasteiger partial charge in [-0.1, -0.05) is 11.6 Å². The van der Waals surface area contributed by atoms with Crippen LogP contribution in [-0.4, -0.2) is 26.7 Å². The van der Waals surface area contributed by atoms with E-state index in [1.165, 1.54) is 0 Å². The van der Waals surface area contributed by atoms with Crippen LogP contribution in [0.3, 0.4) is 0 Å². The van der Waals surface area contributed by atoms with Gasteiger partial charge in [-0.05, 0) is 32.4 Å². The minimum absolute atomic E-state index is 0.209. The first-order valence-corrected chi connectivity index (χ1v) is 7.92. The van der Waals surface area contributed by atoms with Crippen molar-refractivity contribution in [3.05, 3.63) is 23.0 Å². The predicted molar refractivity (Wildman–Crippen MR) is 74.6 cm³/mol. The Hall–Kier alpha value is -0.890. The van der Waals surface area contributed by atoms with Gasteiger partial charge in [-0.2, -0.15) is 0 Å². The Morgan fingerprint density at radius 1 is 1.55 bits per heavy atom. The van der Waals surface area contributed by atoms with Crippen LogP contribution in [0.5, 0.6) is 0 Å². The standard InChI is InChI=1S/C12H16ClFN2O3S/c1-7-12(2,3-4-19-7)16-20(17,18)11-6-10(15)9(14)5-8(11)13/h5-7,16H,3-4,15H2,1-2H3. The SMILES string of the molecule is CC1OCCC1(C)NS(=O)(=O)c1cc(N)c(F)cc1Cl. The third-order valence-electron chi connectivity index (χ3n) is 3.59. The molecule has 20 heavy (non-hydrogen) atoms. The minimum atomic E-state index is -3.91. The van der Waals surface area contributed by atoms with E-state index in [0.29, 0.717) is 13.0 Å². The lowest BCUT2D eigenvalue weighted by Crippen LogP contribution is -2.50. The number of nitrogens with two attached hydrogens (primary N) is 1. The highest BCUT2D eigenvalue weighted by Crippen LogP contribution is 2.31. The zero-order valence-corrected chi connectivity index (χ0v) is 12.7. The minimum Gasteiger partial charge on any atom is -0.396 e. The van der Waals surface area contributed by atoms with Crippen molar-refractivity contribution in [2.75, 3.05) is 12.3 Å². The molecule has 0 spiro atoms. The molecule has 2 rings (SSSR count). The Balaban J connectivity index is 2.39. The molecular formula is C12H16ClFN2O3S. The zero-order valence-electron chi connectivity index (χ0n) is 11.1. The summed E-state index contributed by atoms with van der Waals surface area (Å²) >= 11 is 5.81. The number of anilines is 1. The van der Waals surface area contributed by atoms with Gasteiger partial charge < -0.3 is 10.5 Å². The molecule has 1 fully saturated rings. The van der Waals surface area contributed by atoms with Gasteiger partial charge in [-0.3, -0.25) is 0 Å². The van der Waals surface area contributed by atoms with Gasteiger partial charge >= 0.3 is 0 Å². The molecule has 112 valence electrons. The van der Waals surface area contributed by atoms with E-state index in [1.807, 2.05) is 0 Å². The molecule has 0 aromatic heterocycles. The van der Waals surface area contributed by atoms with Crippen molar-refractivity contribution in [2.24, 2.45) is 0 Å². The molecule has 1 aliphatic heterocycles. The van der Waals surface area contributed by atoms with E-state index in [1.54, 1.807) is 13.8 Å². The fraction of sp³-hybridized carbons (Fsp3) is 0.500. The van der Waals surface area contributed by atoms with Crippen LogP contribution < -0.4 is 10.5 Å². The average Bonchev–Trinajstić information content (AvgIpc) is 2.63. The fourth-order valence-corrected chi connectivity index (χ4v) is 4.13. The van der Waals surface area contributed by atoms with Crippen LogP contribution in [0.2, 0.25) is 5.02 Å². The Morgan fingerprint density at radius 3 is 2.75 bits per heavy atom. The van der Waals surface area contributed by atoms with Gasteiger partial charge in [-0.15, -0.1) is 0 Å². The molecule has 0 saturated carbocycles. The summed E-state index contributed by atoms with van der Waals surface area (Å²) in [4.78, 5) is -0.238. The Bertz CT molecular complexity index is 638. The van der Waals surface area contributed by atoms with E-state index in [4.69, 9.17) is 22.1 Å². The predicted octanol–water partition coefficient (Wildman–Crippen LogP) is 1.91. The number of rotatable bonds is 3. The number of hydrogen-bond acceptors (Lipinski definition) is 4. The Morgan fingerprint density at radius 2 is 2.20 bits per heavy atom. The topological polar surface area (TPSA) is 81.4 Å². The summed E-state index contributed by atoms with van der Waals surface area (Å²) in [7, 11) is -3.91. The first kappa shape index (κ1) is 15.5. The first-order valence-electron chi connectivity index (χ1n) is 6.06. The van der Waals surface area contributed by atoms with Gasteiger partial charge in [0.1, 0.15) is 10.7 Å². The lowest BCUT2D eigenvalue weighted by molar-refractivity contribution is 0.0957. The van der Waals surface area contributed by atoms with Crippen molar-refractivity contribution >= 4 is 27.3 Å². The van der Waals surface area contributed by atoms with Crippen LogP contribution in [0, 0.1) is 5.82 Å². The molecule has 1 aromatic carbocycles. The molecule has 1 heterocycles. The lowest BCUT2D eigenvalue weighted by Gasteiger charge is -2.28. The lowest BCUT2D eigenvalue weighted by atomic mass is 9.97. The van der Waals surface area contributed by atoms with Gasteiger partial charge in [0, 0.05) is 6.61 Å². The van der Waals surface area contributed by atoms with E-state index < -0.39 is 21.4 Å². The molecule has 0 aliphatic carbocycles. The van der Waals surface area contributed by atoms with Crippen molar-refractivity contribution in [3.8, 4) is 0 Å². The van der Waals surface area contributed by atoms with Crippen LogP contribution >= 0.6 is 11.6 Å². The van der Waals surface area contributed by atoms with E-state index in [9.17, 15) is 12.8 Å². The van der Waals surface area contributed by atoms with Crippen molar-refractivity contribution in [3.63, 3.8) is 0 Å². The summed E-state index contributed by atoms with van der Waals surface area (Å²) in [6.45, 7) is 4.01. The van der Waals surface area contributed by atoms with Gasteiger partial charge in [0.2, 0.25) is 10.0 Å². The molecule has 8 heteroatoms. The second-order valence-electron chi connectivity index (χ2n) is 5.09.